The molecule has 1 amide bonds. The number of halogens is 1. The highest BCUT2D eigenvalue weighted by atomic mass is 32.1. The second kappa shape index (κ2) is 8.09. The van der Waals surface area contributed by atoms with Crippen LogP contribution in [0, 0.1) is 5.82 Å². The molecule has 2 aromatic carbocycles. The summed E-state index contributed by atoms with van der Waals surface area (Å²) in [4.78, 5) is 28.6. The van der Waals surface area contributed by atoms with Crippen LogP contribution in [0.5, 0.6) is 0 Å². The number of nitrogens with zero attached hydrogens (tertiary/aromatic N) is 1. The van der Waals surface area contributed by atoms with Crippen molar-refractivity contribution in [2.24, 2.45) is 0 Å². The predicted molar refractivity (Wildman–Crippen MR) is 119 cm³/mol. The monoisotopic (exact) mass is 447 g/mol. The minimum absolute atomic E-state index is 0.00983. The first-order valence-corrected chi connectivity index (χ1v) is 11.0. The van der Waals surface area contributed by atoms with Gasteiger partial charge in [-0.3, -0.25) is 9.59 Å². The summed E-state index contributed by atoms with van der Waals surface area (Å²) < 4.78 is 18.9. The Morgan fingerprint density at radius 3 is 2.59 bits per heavy atom. The fourth-order valence-corrected chi connectivity index (χ4v) is 4.83. The Balaban J connectivity index is 1.49. The van der Waals surface area contributed by atoms with Crippen LogP contribution in [0.3, 0.4) is 0 Å². The molecule has 0 radical (unpaired) electrons. The maximum Gasteiger partial charge on any atom is 0.290 e. The van der Waals surface area contributed by atoms with Crippen LogP contribution in [-0.2, 0) is 11.2 Å². The van der Waals surface area contributed by atoms with Gasteiger partial charge in [0.15, 0.2) is 11.5 Å². The number of furan rings is 1. The topological polar surface area (TPSA) is 70.8 Å². The van der Waals surface area contributed by atoms with Gasteiger partial charge in [0.05, 0.1) is 11.6 Å². The van der Waals surface area contributed by atoms with Crippen molar-refractivity contribution in [3.05, 3.63) is 105 Å². The number of benzene rings is 2. The molecule has 2 aromatic heterocycles. The van der Waals surface area contributed by atoms with Crippen LogP contribution in [-0.4, -0.2) is 28.2 Å². The summed E-state index contributed by atoms with van der Waals surface area (Å²) in [6.45, 7) is 0.258. The van der Waals surface area contributed by atoms with E-state index in [1.807, 2.05) is 35.7 Å². The van der Waals surface area contributed by atoms with Crippen molar-refractivity contribution in [3.8, 4) is 0 Å². The molecule has 0 bridgehead atoms. The minimum Gasteiger partial charge on any atom is -0.503 e. The Bertz CT molecular complexity index is 1310. The minimum atomic E-state index is -0.719. The maximum absolute atomic E-state index is 13.4. The van der Waals surface area contributed by atoms with Crippen molar-refractivity contribution in [2.75, 3.05) is 6.54 Å². The molecule has 4 aromatic rings. The number of fused-ring (bicyclic) bond motifs is 1. The molecule has 1 aliphatic heterocycles. The van der Waals surface area contributed by atoms with Crippen molar-refractivity contribution < 1.29 is 23.5 Å². The fourth-order valence-electron chi connectivity index (χ4n) is 3.99. The van der Waals surface area contributed by atoms with E-state index in [1.54, 1.807) is 24.3 Å². The fraction of sp³-hybridized carbons (Fsp3) is 0.120. The lowest BCUT2D eigenvalue weighted by atomic mass is 10.00. The quantitative estimate of drug-likeness (QED) is 0.399. The Hall–Kier alpha value is -3.71. The number of carbonyl (C=O) groups is 2. The van der Waals surface area contributed by atoms with Gasteiger partial charge in [-0.1, -0.05) is 36.4 Å². The Morgan fingerprint density at radius 2 is 1.88 bits per heavy atom. The molecular weight excluding hydrogens is 429 g/mol. The average Bonchev–Trinajstić information content (AvgIpc) is 3.52. The lowest BCUT2D eigenvalue weighted by Gasteiger charge is -2.25. The maximum atomic E-state index is 13.4. The molecule has 7 heteroatoms. The normalized spacial score (nSPS) is 16.3. The van der Waals surface area contributed by atoms with E-state index in [4.69, 9.17) is 4.42 Å². The lowest BCUT2D eigenvalue weighted by Crippen LogP contribution is -2.32. The summed E-state index contributed by atoms with van der Waals surface area (Å²) in [5, 5.41) is 13.3. The van der Waals surface area contributed by atoms with Crippen LogP contribution in [0.2, 0.25) is 0 Å². The molecule has 0 fully saturated rings. The summed E-state index contributed by atoms with van der Waals surface area (Å²) in [5.74, 6) is -1.95. The van der Waals surface area contributed by atoms with E-state index in [2.05, 4.69) is 0 Å². The molecule has 0 saturated heterocycles. The van der Waals surface area contributed by atoms with Crippen LogP contribution in [0.4, 0.5) is 4.39 Å². The third-order valence-electron chi connectivity index (χ3n) is 5.56. The van der Waals surface area contributed by atoms with Gasteiger partial charge in [-0.05, 0) is 47.7 Å². The Morgan fingerprint density at radius 1 is 1.09 bits per heavy atom. The third kappa shape index (κ3) is 3.50. The molecule has 1 N–H and O–H groups in total. The highest BCUT2D eigenvalue weighted by Crippen LogP contribution is 2.41. The standard InChI is InChI=1S/C25H18FNO4S/c26-17-9-7-15(8-10-17)11-12-27-22(20-6-3-13-32-20)21(24(29)25(27)30)23(28)19-14-16-4-1-2-5-18(16)31-19/h1-10,13-14,22,29H,11-12H2. The van der Waals surface area contributed by atoms with E-state index in [0.717, 1.165) is 15.8 Å². The first-order chi connectivity index (χ1) is 15.5. The van der Waals surface area contributed by atoms with E-state index in [1.165, 1.54) is 28.4 Å². The number of hydrogen-bond acceptors (Lipinski definition) is 5. The molecule has 1 aliphatic rings. The highest BCUT2D eigenvalue weighted by molar-refractivity contribution is 7.10. The molecule has 0 saturated carbocycles. The molecule has 0 spiro atoms. The van der Waals surface area contributed by atoms with E-state index >= 15 is 0 Å². The van der Waals surface area contributed by atoms with Crippen molar-refractivity contribution in [1.82, 2.24) is 4.90 Å². The molecule has 160 valence electrons. The van der Waals surface area contributed by atoms with Crippen molar-refractivity contribution in [1.29, 1.82) is 0 Å². The second-order valence-corrected chi connectivity index (χ2v) is 8.51. The van der Waals surface area contributed by atoms with Crippen LogP contribution in [0.25, 0.3) is 11.0 Å². The van der Waals surface area contributed by atoms with E-state index in [0.29, 0.717) is 12.0 Å². The van der Waals surface area contributed by atoms with Gasteiger partial charge in [0.2, 0.25) is 5.78 Å². The van der Waals surface area contributed by atoms with Crippen molar-refractivity contribution in [3.63, 3.8) is 0 Å². The number of amides is 1. The zero-order chi connectivity index (χ0) is 22.2. The van der Waals surface area contributed by atoms with Crippen LogP contribution in [0.15, 0.2) is 87.9 Å². The molecule has 1 unspecified atom stereocenters. The number of carbonyl (C=O) groups excluding carboxylic acids is 2. The molecule has 1 atom stereocenters. The van der Waals surface area contributed by atoms with Gasteiger partial charge in [0.25, 0.3) is 5.91 Å². The van der Waals surface area contributed by atoms with Gasteiger partial charge < -0.3 is 14.4 Å². The molecule has 5 nitrogen and oxygen atoms in total. The van der Waals surface area contributed by atoms with Gasteiger partial charge in [-0.2, -0.15) is 0 Å². The molecule has 3 heterocycles. The highest BCUT2D eigenvalue weighted by Gasteiger charge is 2.44. The summed E-state index contributed by atoms with van der Waals surface area (Å²) in [6, 6.07) is 17.8. The number of rotatable bonds is 6. The number of aliphatic hydroxyl groups is 1. The van der Waals surface area contributed by atoms with Gasteiger partial charge in [0.1, 0.15) is 11.4 Å². The number of thiophene rings is 1. The van der Waals surface area contributed by atoms with Gasteiger partial charge in [-0.15, -0.1) is 11.3 Å². The molecule has 32 heavy (non-hydrogen) atoms. The predicted octanol–water partition coefficient (Wildman–Crippen LogP) is 5.45. The number of hydrogen-bond donors (Lipinski definition) is 1. The van der Waals surface area contributed by atoms with Crippen LogP contribution >= 0.6 is 11.3 Å². The van der Waals surface area contributed by atoms with Gasteiger partial charge in [-0.25, -0.2) is 4.39 Å². The smallest absolute Gasteiger partial charge is 0.290 e. The second-order valence-electron chi connectivity index (χ2n) is 7.53. The number of ketones is 1. The van der Waals surface area contributed by atoms with Crippen LogP contribution in [0.1, 0.15) is 27.0 Å². The Kier molecular flexibility index (Phi) is 5.11. The van der Waals surface area contributed by atoms with E-state index in [-0.39, 0.29) is 23.7 Å². The molecular formula is C25H18FNO4S. The largest absolute Gasteiger partial charge is 0.503 e. The third-order valence-corrected chi connectivity index (χ3v) is 6.49. The SMILES string of the molecule is O=C(C1=C(O)C(=O)N(CCc2ccc(F)cc2)C1c1cccs1)c1cc2ccccc2o1. The summed E-state index contributed by atoms with van der Waals surface area (Å²) in [7, 11) is 0. The Labute approximate surface area is 187 Å². The summed E-state index contributed by atoms with van der Waals surface area (Å²) in [6.07, 6.45) is 0.452. The van der Waals surface area contributed by atoms with Crippen molar-refractivity contribution in [2.45, 2.75) is 12.5 Å². The average molecular weight is 447 g/mol. The number of aliphatic hydroxyl groups excluding tert-OH is 1. The first-order valence-electron chi connectivity index (χ1n) is 10.1. The zero-order valence-corrected chi connectivity index (χ0v) is 17.6. The zero-order valence-electron chi connectivity index (χ0n) is 16.8. The summed E-state index contributed by atoms with van der Waals surface area (Å²) >= 11 is 1.40. The van der Waals surface area contributed by atoms with Crippen LogP contribution < -0.4 is 0 Å². The first kappa shape index (κ1) is 20.2. The molecule has 0 aliphatic carbocycles. The van der Waals surface area contributed by atoms with Gasteiger partial charge >= 0.3 is 0 Å². The molecule has 5 rings (SSSR count). The van der Waals surface area contributed by atoms with Crippen molar-refractivity contribution >= 4 is 34.0 Å². The van der Waals surface area contributed by atoms with E-state index < -0.39 is 23.5 Å². The van der Waals surface area contributed by atoms with E-state index in [9.17, 15) is 19.1 Å². The number of Topliss-reactive ketones (excluding diaryl/α,β-unsaturated/α-hetero) is 1. The summed E-state index contributed by atoms with van der Waals surface area (Å²) in [5.41, 5.74) is 1.41. The van der Waals surface area contributed by atoms with Gasteiger partial charge in [0, 0.05) is 16.8 Å². The number of para-hydroxylation sites is 1. The lowest BCUT2D eigenvalue weighted by molar-refractivity contribution is -0.129.